The van der Waals surface area contributed by atoms with Crippen molar-refractivity contribution in [3.05, 3.63) is 23.8 Å². The van der Waals surface area contributed by atoms with Crippen LogP contribution in [0.2, 0.25) is 0 Å². The van der Waals surface area contributed by atoms with E-state index in [0.29, 0.717) is 12.1 Å². The summed E-state index contributed by atoms with van der Waals surface area (Å²) >= 11 is 14.4. The highest BCUT2D eigenvalue weighted by Gasteiger charge is 2.08. The van der Waals surface area contributed by atoms with E-state index < -0.39 is 10.4 Å². The molecule has 1 aromatic carbocycles. The molecule has 7 heteroatoms. The van der Waals surface area contributed by atoms with E-state index in [1.807, 2.05) is 0 Å². The van der Waals surface area contributed by atoms with Gasteiger partial charge in [0.2, 0.25) is 0 Å². The minimum Gasteiger partial charge on any atom is -0.504 e. The van der Waals surface area contributed by atoms with Gasteiger partial charge in [-0.05, 0) is 24.7 Å². The van der Waals surface area contributed by atoms with Crippen molar-refractivity contribution in [2.45, 2.75) is 10.4 Å². The van der Waals surface area contributed by atoms with Crippen molar-refractivity contribution in [3.63, 3.8) is 0 Å². The summed E-state index contributed by atoms with van der Waals surface area (Å²) in [6.45, 7) is 0.407. The first-order valence-electron chi connectivity index (χ1n) is 4.65. The predicted octanol–water partition coefficient (Wildman–Crippen LogP) is 2.34. The fourth-order valence-corrected chi connectivity index (χ4v) is 1.06. The fraction of sp³-hybridized carbons (Fsp3) is 0.400. The highest BCUT2D eigenvalue weighted by atomic mass is 35.6. The van der Waals surface area contributed by atoms with Gasteiger partial charge >= 0.3 is 0 Å². The number of hydrogen-bond donors (Lipinski definition) is 4. The number of rotatable bonds is 3. The highest BCUT2D eigenvalue weighted by Crippen LogP contribution is 2.27. The van der Waals surface area contributed by atoms with Crippen LogP contribution < -0.4 is 5.32 Å². The standard InChI is InChI=1S/C9H13NO3.CHCl3/c1-10-5-9(13)6-2-3-7(11)8(12)4-6;2-1(3)4/h2-4,9-13H,5H2,1H3;1H. The Balaban J connectivity index is 0.000000557. The molecule has 0 fully saturated rings. The number of aliphatic hydroxyl groups is 1. The first-order valence-corrected chi connectivity index (χ1v) is 5.96. The van der Waals surface area contributed by atoms with Crippen LogP contribution in [0.1, 0.15) is 11.7 Å². The maximum Gasteiger partial charge on any atom is 0.180 e. The third-order valence-electron chi connectivity index (χ3n) is 1.78. The molecule has 0 spiro atoms. The number of phenols is 2. The van der Waals surface area contributed by atoms with Crippen molar-refractivity contribution < 1.29 is 15.3 Å². The molecule has 0 aliphatic carbocycles. The van der Waals surface area contributed by atoms with Crippen LogP contribution in [-0.4, -0.2) is 33.2 Å². The Morgan fingerprint density at radius 1 is 1.18 bits per heavy atom. The second-order valence-electron chi connectivity index (χ2n) is 3.07. The maximum absolute atomic E-state index is 9.48. The van der Waals surface area contributed by atoms with E-state index in [2.05, 4.69) is 5.32 Å². The average molecular weight is 303 g/mol. The van der Waals surface area contributed by atoms with E-state index in [1.54, 1.807) is 13.1 Å². The van der Waals surface area contributed by atoms with E-state index in [-0.39, 0.29) is 11.5 Å². The molecular formula is C10H14Cl3NO3. The van der Waals surface area contributed by atoms with Gasteiger partial charge in [0, 0.05) is 6.54 Å². The third kappa shape index (κ3) is 7.52. The second kappa shape index (κ2) is 8.66. The molecule has 0 heterocycles. The first kappa shape index (κ1) is 16.6. The summed E-state index contributed by atoms with van der Waals surface area (Å²) in [6.07, 6.45) is -0.670. The summed E-state index contributed by atoms with van der Waals surface area (Å²) < 4.78 is -0.750. The van der Waals surface area contributed by atoms with Crippen molar-refractivity contribution in [1.29, 1.82) is 0 Å². The van der Waals surface area contributed by atoms with E-state index >= 15 is 0 Å². The van der Waals surface area contributed by atoms with E-state index in [9.17, 15) is 5.11 Å². The van der Waals surface area contributed by atoms with Crippen molar-refractivity contribution in [2.24, 2.45) is 0 Å². The molecule has 0 bridgehead atoms. The molecule has 0 amide bonds. The summed E-state index contributed by atoms with van der Waals surface area (Å²) in [5.74, 6) is -0.395. The van der Waals surface area contributed by atoms with Crippen LogP contribution in [0.4, 0.5) is 0 Å². The largest absolute Gasteiger partial charge is 0.504 e. The molecule has 1 aromatic rings. The average Bonchev–Trinajstić information content (AvgIpc) is 2.21. The summed E-state index contributed by atoms with van der Waals surface area (Å²) in [7, 11) is 1.73. The van der Waals surface area contributed by atoms with Crippen LogP contribution in [0, 0.1) is 0 Å². The molecular weight excluding hydrogens is 288 g/mol. The van der Waals surface area contributed by atoms with Gasteiger partial charge < -0.3 is 20.6 Å². The van der Waals surface area contributed by atoms with Crippen molar-refractivity contribution in [2.75, 3.05) is 13.6 Å². The lowest BCUT2D eigenvalue weighted by atomic mass is 10.1. The number of phenolic OH excluding ortho intramolecular Hbond substituents is 2. The number of alkyl halides is 3. The Hall–Kier alpha value is -0.390. The van der Waals surface area contributed by atoms with Gasteiger partial charge in [0.05, 0.1) is 6.10 Å². The van der Waals surface area contributed by atoms with Gasteiger partial charge in [0.25, 0.3) is 0 Å². The number of aliphatic hydroxyl groups excluding tert-OH is 1. The number of benzene rings is 1. The minimum atomic E-state index is -0.750. The van der Waals surface area contributed by atoms with Gasteiger partial charge in [0.1, 0.15) is 0 Å². The normalized spacial score (nSPS) is 11.9. The predicted molar refractivity (Wildman–Crippen MR) is 70.0 cm³/mol. The van der Waals surface area contributed by atoms with Gasteiger partial charge in [0.15, 0.2) is 15.8 Å². The second-order valence-corrected chi connectivity index (χ2v) is 5.05. The quantitative estimate of drug-likeness (QED) is 0.511. The van der Waals surface area contributed by atoms with Gasteiger partial charge in [-0.3, -0.25) is 0 Å². The van der Waals surface area contributed by atoms with Gasteiger partial charge in [-0.15, -0.1) is 0 Å². The Morgan fingerprint density at radius 3 is 2.12 bits per heavy atom. The fourth-order valence-electron chi connectivity index (χ4n) is 1.06. The lowest BCUT2D eigenvalue weighted by molar-refractivity contribution is 0.177. The van der Waals surface area contributed by atoms with E-state index in [4.69, 9.17) is 45.0 Å². The molecule has 98 valence electrons. The molecule has 17 heavy (non-hydrogen) atoms. The highest BCUT2D eigenvalue weighted by molar-refractivity contribution is 6.63. The molecule has 0 saturated heterocycles. The molecule has 4 nitrogen and oxygen atoms in total. The number of nitrogens with one attached hydrogen (secondary N) is 1. The Morgan fingerprint density at radius 2 is 1.71 bits per heavy atom. The molecule has 4 N–H and O–H groups in total. The summed E-state index contributed by atoms with van der Waals surface area (Å²) in [5.41, 5.74) is 0.574. The molecule has 1 rings (SSSR count). The summed E-state index contributed by atoms with van der Waals surface area (Å²) in [5, 5.41) is 30.4. The maximum atomic E-state index is 9.48. The Bertz CT molecular complexity index is 334. The van der Waals surface area contributed by atoms with Gasteiger partial charge in [-0.25, -0.2) is 0 Å². The van der Waals surface area contributed by atoms with Crippen LogP contribution in [0.3, 0.4) is 0 Å². The zero-order valence-corrected chi connectivity index (χ0v) is 11.3. The number of hydrogen-bond acceptors (Lipinski definition) is 4. The van der Waals surface area contributed by atoms with Crippen LogP contribution in [0.5, 0.6) is 11.5 Å². The van der Waals surface area contributed by atoms with E-state index in [0.717, 1.165) is 0 Å². The van der Waals surface area contributed by atoms with Gasteiger partial charge in [-0.1, -0.05) is 40.9 Å². The van der Waals surface area contributed by atoms with Crippen molar-refractivity contribution in [1.82, 2.24) is 5.32 Å². The molecule has 0 radical (unpaired) electrons. The van der Waals surface area contributed by atoms with E-state index in [1.165, 1.54) is 12.1 Å². The molecule has 1 atom stereocenters. The zero-order chi connectivity index (χ0) is 13.4. The molecule has 0 aliphatic rings. The van der Waals surface area contributed by atoms with Crippen LogP contribution >= 0.6 is 34.8 Å². The lowest BCUT2D eigenvalue weighted by Gasteiger charge is -2.10. The van der Waals surface area contributed by atoms with Crippen LogP contribution in [0.25, 0.3) is 0 Å². The number of likely N-dealkylation sites (N-methyl/N-ethyl adjacent to an activating group) is 1. The monoisotopic (exact) mass is 301 g/mol. The molecule has 0 aliphatic heterocycles. The van der Waals surface area contributed by atoms with Crippen molar-refractivity contribution >= 4 is 34.8 Å². The number of halogens is 3. The zero-order valence-electron chi connectivity index (χ0n) is 9.07. The molecule has 0 aromatic heterocycles. The smallest absolute Gasteiger partial charge is 0.180 e. The minimum absolute atomic E-state index is 0.180. The first-order chi connectivity index (χ1) is 7.88. The Labute approximate surface area is 115 Å². The number of aromatic hydroxyl groups is 2. The Kier molecular flexibility index (Phi) is 8.47. The van der Waals surface area contributed by atoms with Gasteiger partial charge in [-0.2, -0.15) is 0 Å². The molecule has 1 unspecified atom stereocenters. The topological polar surface area (TPSA) is 72.7 Å². The lowest BCUT2D eigenvalue weighted by Crippen LogP contribution is -2.16. The SMILES string of the molecule is CNCC(O)c1ccc(O)c(O)c1.ClC(Cl)Cl. The molecule has 0 saturated carbocycles. The summed E-state index contributed by atoms with van der Waals surface area (Å²) in [6, 6.07) is 4.26. The van der Waals surface area contributed by atoms with Crippen LogP contribution in [0.15, 0.2) is 18.2 Å². The van der Waals surface area contributed by atoms with Crippen molar-refractivity contribution in [3.8, 4) is 11.5 Å². The third-order valence-corrected chi connectivity index (χ3v) is 1.78. The van der Waals surface area contributed by atoms with Crippen LogP contribution in [-0.2, 0) is 0 Å². The summed E-state index contributed by atoms with van der Waals surface area (Å²) in [4.78, 5) is 0.